The fourth-order valence-corrected chi connectivity index (χ4v) is 1.95. The molecule has 0 fully saturated rings. The first kappa shape index (κ1) is 14.1. The first-order valence-electron chi connectivity index (χ1n) is 6.22. The number of halogens is 3. The van der Waals surface area contributed by atoms with Crippen molar-refractivity contribution in [2.45, 2.75) is 0 Å². The van der Waals surface area contributed by atoms with Gasteiger partial charge in [0.05, 0.1) is 12.7 Å². The van der Waals surface area contributed by atoms with Gasteiger partial charge in [-0.2, -0.15) is 4.98 Å². The number of ether oxygens (including phenoxy) is 1. The van der Waals surface area contributed by atoms with E-state index in [1.807, 2.05) is 0 Å². The predicted octanol–water partition coefficient (Wildman–Crippen LogP) is 3.83. The van der Waals surface area contributed by atoms with Gasteiger partial charge in [-0.3, -0.25) is 0 Å². The molecule has 3 rings (SSSR count). The van der Waals surface area contributed by atoms with E-state index in [1.165, 1.54) is 25.3 Å². The Kier molecular flexibility index (Phi) is 3.54. The maximum atomic E-state index is 13.7. The summed E-state index contributed by atoms with van der Waals surface area (Å²) in [5.74, 6) is -2.48. The van der Waals surface area contributed by atoms with E-state index in [1.54, 1.807) is 0 Å². The molecular formula is C15H9F3N2O2. The number of methoxy groups -OCH3 is 1. The lowest BCUT2D eigenvalue weighted by Crippen LogP contribution is -1.91. The topological polar surface area (TPSA) is 48.2 Å². The molecule has 2 aromatic carbocycles. The average Bonchev–Trinajstić information content (AvgIpc) is 2.96. The number of hydrogen-bond donors (Lipinski definition) is 0. The van der Waals surface area contributed by atoms with Crippen LogP contribution in [0.5, 0.6) is 5.75 Å². The summed E-state index contributed by atoms with van der Waals surface area (Å²) in [4.78, 5) is 3.90. The lowest BCUT2D eigenvalue weighted by atomic mass is 10.2. The molecule has 112 valence electrons. The van der Waals surface area contributed by atoms with Crippen LogP contribution in [0.15, 0.2) is 40.9 Å². The van der Waals surface area contributed by atoms with E-state index in [0.29, 0.717) is 0 Å². The van der Waals surface area contributed by atoms with Crippen LogP contribution in [0.4, 0.5) is 13.2 Å². The lowest BCUT2D eigenvalue weighted by molar-refractivity contribution is 0.386. The van der Waals surface area contributed by atoms with Crippen molar-refractivity contribution in [1.29, 1.82) is 0 Å². The molecule has 0 saturated carbocycles. The fraction of sp³-hybridized carbons (Fsp3) is 0.0667. The summed E-state index contributed by atoms with van der Waals surface area (Å²) in [7, 11) is 1.34. The van der Waals surface area contributed by atoms with Gasteiger partial charge in [-0.05, 0) is 30.3 Å². The Labute approximate surface area is 123 Å². The van der Waals surface area contributed by atoms with Gasteiger partial charge in [0, 0.05) is 5.56 Å². The number of hydrogen-bond acceptors (Lipinski definition) is 4. The molecule has 0 atom stereocenters. The van der Waals surface area contributed by atoms with Crippen LogP contribution in [0.1, 0.15) is 0 Å². The highest BCUT2D eigenvalue weighted by Gasteiger charge is 2.18. The first-order chi connectivity index (χ1) is 10.6. The van der Waals surface area contributed by atoms with Crippen LogP contribution < -0.4 is 4.74 Å². The van der Waals surface area contributed by atoms with Gasteiger partial charge in [-0.25, -0.2) is 13.2 Å². The summed E-state index contributed by atoms with van der Waals surface area (Å²) in [5, 5.41) is 3.54. The third-order valence-corrected chi connectivity index (χ3v) is 3.01. The Bertz CT molecular complexity index is 813. The van der Waals surface area contributed by atoms with E-state index < -0.39 is 23.0 Å². The number of nitrogens with zero attached hydrogens (tertiary/aromatic N) is 2. The zero-order valence-electron chi connectivity index (χ0n) is 11.3. The van der Waals surface area contributed by atoms with Gasteiger partial charge in [-0.15, -0.1) is 0 Å². The molecule has 4 nitrogen and oxygen atoms in total. The van der Waals surface area contributed by atoms with Crippen molar-refractivity contribution >= 4 is 0 Å². The van der Waals surface area contributed by atoms with Crippen molar-refractivity contribution in [3.63, 3.8) is 0 Å². The maximum Gasteiger partial charge on any atom is 0.258 e. The Hall–Kier alpha value is -2.83. The molecule has 22 heavy (non-hydrogen) atoms. The van der Waals surface area contributed by atoms with Crippen LogP contribution in [0, 0.1) is 17.5 Å². The number of rotatable bonds is 3. The molecule has 0 saturated heterocycles. The summed E-state index contributed by atoms with van der Waals surface area (Å²) in [5.41, 5.74) is -0.125. The molecule has 3 aromatic rings. The van der Waals surface area contributed by atoms with Gasteiger partial charge in [0.25, 0.3) is 5.89 Å². The fourth-order valence-electron chi connectivity index (χ4n) is 1.95. The quantitative estimate of drug-likeness (QED) is 0.738. The predicted molar refractivity (Wildman–Crippen MR) is 71.6 cm³/mol. The normalized spacial score (nSPS) is 10.7. The van der Waals surface area contributed by atoms with Crippen LogP contribution in [-0.2, 0) is 0 Å². The molecule has 0 aliphatic rings. The van der Waals surface area contributed by atoms with E-state index >= 15 is 0 Å². The third kappa shape index (κ3) is 2.41. The molecule has 0 radical (unpaired) electrons. The largest absolute Gasteiger partial charge is 0.494 e. The minimum Gasteiger partial charge on any atom is -0.494 e. The number of aromatic nitrogens is 2. The van der Waals surface area contributed by atoms with Gasteiger partial charge >= 0.3 is 0 Å². The molecule has 0 spiro atoms. The Morgan fingerprint density at radius 3 is 2.36 bits per heavy atom. The maximum absolute atomic E-state index is 13.7. The lowest BCUT2D eigenvalue weighted by Gasteiger charge is -2.01. The molecule has 0 unspecified atom stereocenters. The van der Waals surface area contributed by atoms with E-state index in [4.69, 9.17) is 9.26 Å². The van der Waals surface area contributed by atoms with Gasteiger partial charge < -0.3 is 9.26 Å². The summed E-state index contributed by atoms with van der Waals surface area (Å²) in [6, 6.07) is 7.42. The summed E-state index contributed by atoms with van der Waals surface area (Å²) < 4.78 is 50.7. The minimum atomic E-state index is -0.812. The Balaban J connectivity index is 2.02. The zero-order valence-corrected chi connectivity index (χ0v) is 11.3. The van der Waals surface area contributed by atoms with E-state index in [2.05, 4.69) is 10.1 Å². The molecule has 0 N–H and O–H groups in total. The highest BCUT2D eigenvalue weighted by Crippen LogP contribution is 2.28. The molecule has 0 bridgehead atoms. The molecule has 0 aliphatic carbocycles. The summed E-state index contributed by atoms with van der Waals surface area (Å²) in [6.07, 6.45) is 0. The second-order valence-electron chi connectivity index (χ2n) is 4.37. The summed E-state index contributed by atoms with van der Waals surface area (Å²) >= 11 is 0. The molecule has 0 aliphatic heterocycles. The molecule has 1 heterocycles. The van der Waals surface area contributed by atoms with E-state index in [9.17, 15) is 13.2 Å². The van der Waals surface area contributed by atoms with Crippen molar-refractivity contribution in [3.8, 4) is 28.6 Å². The van der Waals surface area contributed by atoms with E-state index in [0.717, 1.165) is 18.2 Å². The SMILES string of the molecule is COc1ccc(-c2nc(-c3c(F)cccc3F)no2)cc1F. The second kappa shape index (κ2) is 5.51. The standard InChI is InChI=1S/C15H9F3N2O2/c1-21-12-6-5-8(7-11(12)18)15-19-14(20-22-15)13-9(16)3-2-4-10(13)17/h2-7H,1H3. The van der Waals surface area contributed by atoms with Gasteiger partial charge in [0.2, 0.25) is 5.82 Å². The Morgan fingerprint density at radius 2 is 1.73 bits per heavy atom. The molecular weight excluding hydrogens is 297 g/mol. The van der Waals surface area contributed by atoms with Crippen LogP contribution in [0.3, 0.4) is 0 Å². The highest BCUT2D eigenvalue weighted by molar-refractivity contribution is 5.61. The van der Waals surface area contributed by atoms with Crippen LogP contribution in [-0.4, -0.2) is 17.3 Å². The van der Waals surface area contributed by atoms with Crippen LogP contribution in [0.25, 0.3) is 22.8 Å². The van der Waals surface area contributed by atoms with Gasteiger partial charge in [0.1, 0.15) is 11.6 Å². The third-order valence-electron chi connectivity index (χ3n) is 3.01. The molecule has 1 aromatic heterocycles. The minimum absolute atomic E-state index is 0.0563. The first-order valence-corrected chi connectivity index (χ1v) is 6.22. The zero-order chi connectivity index (χ0) is 15.7. The van der Waals surface area contributed by atoms with Gasteiger partial charge in [0.15, 0.2) is 11.6 Å². The van der Waals surface area contributed by atoms with Crippen LogP contribution in [0.2, 0.25) is 0 Å². The Morgan fingerprint density at radius 1 is 1.00 bits per heavy atom. The summed E-state index contributed by atoms with van der Waals surface area (Å²) in [6.45, 7) is 0. The second-order valence-corrected chi connectivity index (χ2v) is 4.37. The van der Waals surface area contributed by atoms with Crippen molar-refractivity contribution < 1.29 is 22.4 Å². The monoisotopic (exact) mass is 306 g/mol. The van der Waals surface area contributed by atoms with Crippen molar-refractivity contribution in [1.82, 2.24) is 10.1 Å². The van der Waals surface area contributed by atoms with Crippen molar-refractivity contribution in [2.75, 3.05) is 7.11 Å². The smallest absolute Gasteiger partial charge is 0.258 e. The van der Waals surface area contributed by atoms with Crippen molar-refractivity contribution in [2.24, 2.45) is 0 Å². The number of benzene rings is 2. The highest BCUT2D eigenvalue weighted by atomic mass is 19.1. The van der Waals surface area contributed by atoms with Gasteiger partial charge in [-0.1, -0.05) is 11.2 Å². The van der Waals surface area contributed by atoms with Crippen molar-refractivity contribution in [3.05, 3.63) is 53.8 Å². The molecule has 7 heteroatoms. The molecule has 0 amide bonds. The van der Waals surface area contributed by atoms with E-state index in [-0.39, 0.29) is 23.0 Å². The average molecular weight is 306 g/mol. The van der Waals surface area contributed by atoms with Crippen LogP contribution >= 0.6 is 0 Å².